The number of aromatic nitrogens is 1. The molecule has 3 rings (SSSR count). The molecule has 0 atom stereocenters. The maximum absolute atomic E-state index is 13.9. The van der Waals surface area contributed by atoms with Gasteiger partial charge in [0.2, 0.25) is 0 Å². The van der Waals surface area contributed by atoms with Gasteiger partial charge in [-0.1, -0.05) is 41.4 Å². The first-order chi connectivity index (χ1) is 15.2. The number of benzene rings is 2. The van der Waals surface area contributed by atoms with Gasteiger partial charge in [-0.25, -0.2) is 8.78 Å². The van der Waals surface area contributed by atoms with E-state index in [9.17, 15) is 13.6 Å². The number of aryl methyl sites for hydroxylation is 1. The Balaban J connectivity index is 1.87. The molecule has 0 saturated carbocycles. The van der Waals surface area contributed by atoms with E-state index < -0.39 is 23.1 Å². The first kappa shape index (κ1) is 23.4. The summed E-state index contributed by atoms with van der Waals surface area (Å²) in [5, 5.41) is 3.11. The molecule has 164 valence electrons. The zero-order chi connectivity index (χ0) is 23.4. The quantitative estimate of drug-likeness (QED) is 0.408. The molecule has 1 N–H and O–H groups in total. The molecule has 3 aromatic rings. The van der Waals surface area contributed by atoms with Gasteiger partial charge >= 0.3 is 0 Å². The van der Waals surface area contributed by atoms with Crippen LogP contribution in [0.2, 0.25) is 5.02 Å². The molecule has 3 nitrogen and oxygen atoms in total. The van der Waals surface area contributed by atoms with Crippen LogP contribution in [0.15, 0.2) is 66.4 Å². The molecular formula is C26H23ClF2N2O. The number of nitrogens with one attached hydrogen (secondary N) is 1. The highest BCUT2D eigenvalue weighted by Crippen LogP contribution is 2.28. The number of halogens is 3. The van der Waals surface area contributed by atoms with Crippen LogP contribution < -0.4 is 5.32 Å². The van der Waals surface area contributed by atoms with Crippen LogP contribution in [-0.4, -0.2) is 10.9 Å². The van der Waals surface area contributed by atoms with Crippen LogP contribution in [0.4, 0.5) is 14.5 Å². The van der Waals surface area contributed by atoms with Crippen LogP contribution in [-0.2, 0) is 0 Å². The normalized spacial score (nSPS) is 11.3. The summed E-state index contributed by atoms with van der Waals surface area (Å²) < 4.78 is 27.7. The Bertz CT molecular complexity index is 1210. The largest absolute Gasteiger partial charge is 0.322 e. The summed E-state index contributed by atoms with van der Waals surface area (Å²) >= 11 is 6.12. The molecular weight excluding hydrogens is 430 g/mol. The molecule has 1 aromatic heterocycles. The number of amides is 1. The van der Waals surface area contributed by atoms with Crippen LogP contribution in [0.25, 0.3) is 11.1 Å². The monoisotopic (exact) mass is 452 g/mol. The minimum absolute atomic E-state index is 0.435. The second-order valence-electron chi connectivity index (χ2n) is 7.66. The lowest BCUT2D eigenvalue weighted by molar-refractivity contribution is 0.101. The van der Waals surface area contributed by atoms with Crippen molar-refractivity contribution in [3.8, 4) is 0 Å². The van der Waals surface area contributed by atoms with Gasteiger partial charge in [-0.2, -0.15) is 0 Å². The fourth-order valence-corrected chi connectivity index (χ4v) is 3.52. The van der Waals surface area contributed by atoms with Gasteiger partial charge in [0.05, 0.1) is 5.02 Å². The third-order valence-corrected chi connectivity index (χ3v) is 5.23. The summed E-state index contributed by atoms with van der Waals surface area (Å²) in [6, 6.07) is 12.3. The molecule has 0 radical (unpaired) electrons. The molecule has 6 heteroatoms. The number of hydrogen-bond acceptors (Lipinski definition) is 2. The molecule has 0 fully saturated rings. The van der Waals surface area contributed by atoms with Gasteiger partial charge < -0.3 is 5.32 Å². The zero-order valence-corrected chi connectivity index (χ0v) is 19.0. The van der Waals surface area contributed by atoms with Gasteiger partial charge in [-0.15, -0.1) is 0 Å². The number of anilines is 1. The second-order valence-corrected chi connectivity index (χ2v) is 8.09. The predicted molar refractivity (Wildman–Crippen MR) is 127 cm³/mol. The lowest BCUT2D eigenvalue weighted by Gasteiger charge is -2.12. The topological polar surface area (TPSA) is 42.0 Å². The smallest absolute Gasteiger partial charge is 0.261 e. The van der Waals surface area contributed by atoms with Gasteiger partial charge in [0.15, 0.2) is 0 Å². The van der Waals surface area contributed by atoms with Crippen molar-refractivity contribution >= 4 is 34.3 Å². The van der Waals surface area contributed by atoms with Gasteiger partial charge in [0.1, 0.15) is 17.2 Å². The van der Waals surface area contributed by atoms with Crippen molar-refractivity contribution in [1.82, 2.24) is 4.98 Å². The highest BCUT2D eigenvalue weighted by molar-refractivity contribution is 6.30. The lowest BCUT2D eigenvalue weighted by Crippen LogP contribution is -2.15. The number of nitrogens with zero attached hydrogens (tertiary/aromatic N) is 1. The van der Waals surface area contributed by atoms with E-state index in [0.717, 1.165) is 45.7 Å². The van der Waals surface area contributed by atoms with Crippen molar-refractivity contribution < 1.29 is 13.6 Å². The summed E-state index contributed by atoms with van der Waals surface area (Å²) in [5.41, 5.74) is 5.74. The minimum atomic E-state index is -0.905. The van der Waals surface area contributed by atoms with Crippen molar-refractivity contribution in [3.05, 3.63) is 105 Å². The first-order valence-corrected chi connectivity index (χ1v) is 10.4. The Morgan fingerprint density at radius 1 is 1.03 bits per heavy atom. The first-order valence-electron chi connectivity index (χ1n) is 10.0. The van der Waals surface area contributed by atoms with E-state index in [2.05, 4.69) is 16.4 Å². The molecule has 0 aliphatic heterocycles. The maximum Gasteiger partial charge on any atom is 0.261 e. The minimum Gasteiger partial charge on any atom is -0.322 e. The average Bonchev–Trinajstić information content (AvgIpc) is 2.74. The van der Waals surface area contributed by atoms with Crippen LogP contribution in [0.5, 0.6) is 0 Å². The molecule has 0 unspecified atom stereocenters. The van der Waals surface area contributed by atoms with Crippen molar-refractivity contribution in [2.45, 2.75) is 27.7 Å². The Hall–Kier alpha value is -3.31. The average molecular weight is 453 g/mol. The molecule has 2 aromatic carbocycles. The summed E-state index contributed by atoms with van der Waals surface area (Å²) in [4.78, 5) is 16.6. The molecule has 0 aliphatic rings. The summed E-state index contributed by atoms with van der Waals surface area (Å²) in [7, 11) is 0. The number of carbonyl (C=O) groups excluding carboxylic acids is 1. The lowest BCUT2D eigenvalue weighted by atomic mass is 9.96. The molecule has 0 spiro atoms. The van der Waals surface area contributed by atoms with Gasteiger partial charge in [-0.05, 0) is 74.7 Å². The highest BCUT2D eigenvalue weighted by Gasteiger charge is 2.17. The Kier molecular flexibility index (Phi) is 7.21. The van der Waals surface area contributed by atoms with Crippen LogP contribution in [0, 0.1) is 18.6 Å². The SMILES string of the molecule is CC(C)=C(/C=C(\C)c1cc(Cl)cnc1C)c1ccc(NC(=O)c2c(F)cccc2F)cc1. The van der Waals surface area contributed by atoms with E-state index in [1.165, 1.54) is 6.07 Å². The molecule has 1 amide bonds. The molecule has 0 bridgehead atoms. The van der Waals surface area contributed by atoms with Crippen LogP contribution in [0.3, 0.4) is 0 Å². The number of hydrogen-bond donors (Lipinski definition) is 1. The van der Waals surface area contributed by atoms with Crippen molar-refractivity contribution in [2.75, 3.05) is 5.32 Å². The fourth-order valence-electron chi connectivity index (χ4n) is 3.36. The number of allylic oxidation sites excluding steroid dienone is 4. The van der Waals surface area contributed by atoms with Gasteiger partial charge in [-0.3, -0.25) is 9.78 Å². The molecule has 1 heterocycles. The van der Waals surface area contributed by atoms with E-state index in [4.69, 9.17) is 11.6 Å². The number of rotatable bonds is 5. The standard InChI is InChI=1S/C26H23ClF2N2O/c1-15(2)21(12-16(3)22-13-19(27)14-30-17(22)4)18-8-10-20(11-9-18)31-26(32)25-23(28)6-5-7-24(25)29/h5-14H,1-4H3,(H,31,32)/b16-12+. The predicted octanol–water partition coefficient (Wildman–Crippen LogP) is 7.47. The summed E-state index contributed by atoms with van der Waals surface area (Å²) in [6.07, 6.45) is 3.69. The Morgan fingerprint density at radius 2 is 1.66 bits per heavy atom. The number of pyridine rings is 1. The van der Waals surface area contributed by atoms with Crippen LogP contribution in [0.1, 0.15) is 48.0 Å². The third-order valence-electron chi connectivity index (χ3n) is 5.02. The van der Waals surface area contributed by atoms with Crippen molar-refractivity contribution in [1.29, 1.82) is 0 Å². The van der Waals surface area contributed by atoms with Gasteiger partial charge in [0.25, 0.3) is 5.91 Å². The van der Waals surface area contributed by atoms with E-state index in [1.54, 1.807) is 18.3 Å². The van der Waals surface area contributed by atoms with Crippen molar-refractivity contribution in [2.24, 2.45) is 0 Å². The zero-order valence-electron chi connectivity index (χ0n) is 18.3. The Labute approximate surface area is 191 Å². The van der Waals surface area contributed by atoms with Crippen molar-refractivity contribution in [3.63, 3.8) is 0 Å². The van der Waals surface area contributed by atoms with E-state index in [0.29, 0.717) is 10.7 Å². The van der Waals surface area contributed by atoms with E-state index >= 15 is 0 Å². The van der Waals surface area contributed by atoms with Crippen LogP contribution >= 0.6 is 11.6 Å². The maximum atomic E-state index is 13.9. The number of carbonyl (C=O) groups is 1. The summed E-state index contributed by atoms with van der Waals surface area (Å²) in [5.74, 6) is -2.65. The second kappa shape index (κ2) is 9.88. The van der Waals surface area contributed by atoms with Gasteiger partial charge in [0, 0.05) is 23.1 Å². The molecule has 0 aliphatic carbocycles. The van der Waals surface area contributed by atoms with E-state index in [1.807, 2.05) is 45.9 Å². The van der Waals surface area contributed by atoms with E-state index in [-0.39, 0.29) is 0 Å². The highest BCUT2D eigenvalue weighted by atomic mass is 35.5. The third kappa shape index (κ3) is 5.29. The summed E-state index contributed by atoms with van der Waals surface area (Å²) in [6.45, 7) is 7.96. The fraction of sp³-hybridized carbons (Fsp3) is 0.154. The molecule has 0 saturated heterocycles. The molecule has 32 heavy (non-hydrogen) atoms. The Morgan fingerprint density at radius 3 is 2.25 bits per heavy atom.